The van der Waals surface area contributed by atoms with Gasteiger partial charge in [0.05, 0.1) is 24.0 Å². The minimum Gasteiger partial charge on any atom is -0.465 e. The van der Waals surface area contributed by atoms with Gasteiger partial charge in [-0.3, -0.25) is 5.32 Å². The predicted octanol–water partition coefficient (Wildman–Crippen LogP) is 5.33. The Morgan fingerprint density at radius 1 is 0.964 bits per heavy atom. The second-order valence-electron chi connectivity index (χ2n) is 7.51. The lowest BCUT2D eigenvalue weighted by Gasteiger charge is -2.20. The number of ether oxygens (including phenoxy) is 2. The molecule has 7 nitrogen and oxygen atoms in total. The molecule has 1 N–H and O–H groups in total. The zero-order valence-electron chi connectivity index (χ0n) is 16.4. The van der Waals surface area contributed by atoms with Gasteiger partial charge in [-0.15, -0.1) is 0 Å². The number of rotatable bonds is 2. The smallest absolute Gasteiger partial charge is 0.412 e. The van der Waals surface area contributed by atoms with E-state index in [0.717, 1.165) is 22.5 Å². The first-order valence-corrected chi connectivity index (χ1v) is 9.01. The number of esters is 1. The van der Waals surface area contributed by atoms with Crippen LogP contribution in [0, 0.1) is 0 Å². The molecule has 0 unspecified atom stereocenters. The molecule has 0 aliphatic carbocycles. The largest absolute Gasteiger partial charge is 0.465 e. The number of amides is 1. The van der Waals surface area contributed by atoms with Crippen LogP contribution < -0.4 is 5.32 Å². The van der Waals surface area contributed by atoms with Crippen LogP contribution in [0.25, 0.3) is 0 Å². The number of aryl methyl sites for hydroxylation is 2. The van der Waals surface area contributed by atoms with Crippen molar-refractivity contribution < 1.29 is 19.1 Å². The van der Waals surface area contributed by atoms with Gasteiger partial charge in [0.25, 0.3) is 0 Å². The number of carbonyl (C=O) groups excluding carboxylic acids is 2. The van der Waals surface area contributed by atoms with Gasteiger partial charge in [0.2, 0.25) is 0 Å². The molecule has 1 aliphatic heterocycles. The Labute approximate surface area is 163 Å². The van der Waals surface area contributed by atoms with Crippen LogP contribution in [0.2, 0.25) is 0 Å². The lowest BCUT2D eigenvalue weighted by molar-refractivity contribution is 0.0598. The summed E-state index contributed by atoms with van der Waals surface area (Å²) in [4.78, 5) is 23.8. The van der Waals surface area contributed by atoms with Crippen LogP contribution in [0.4, 0.5) is 21.9 Å². The molecule has 2 aromatic carbocycles. The third kappa shape index (κ3) is 4.73. The number of azo groups is 1. The molecular formula is C21H23N3O4. The van der Waals surface area contributed by atoms with Gasteiger partial charge in [0.15, 0.2) is 0 Å². The minimum atomic E-state index is -0.567. The minimum absolute atomic E-state index is 0.383. The number of benzene rings is 2. The molecule has 3 rings (SSSR count). The molecule has 0 aromatic heterocycles. The summed E-state index contributed by atoms with van der Waals surface area (Å²) >= 11 is 0. The second-order valence-corrected chi connectivity index (χ2v) is 7.51. The van der Waals surface area contributed by atoms with Gasteiger partial charge in [0.1, 0.15) is 5.60 Å². The molecule has 0 bridgehead atoms. The number of fused-ring (bicyclic) bond motifs is 2. The molecule has 7 heteroatoms. The van der Waals surface area contributed by atoms with Crippen LogP contribution in [0.1, 0.15) is 42.3 Å². The van der Waals surface area contributed by atoms with Crippen molar-refractivity contribution in [2.24, 2.45) is 10.2 Å². The fraction of sp³-hybridized carbons (Fsp3) is 0.333. The molecule has 0 radical (unpaired) electrons. The highest BCUT2D eigenvalue weighted by Crippen LogP contribution is 2.32. The quantitative estimate of drug-likeness (QED) is 0.712. The van der Waals surface area contributed by atoms with Crippen LogP contribution in [0.15, 0.2) is 46.6 Å². The van der Waals surface area contributed by atoms with Crippen molar-refractivity contribution in [2.45, 2.75) is 39.2 Å². The van der Waals surface area contributed by atoms with Crippen molar-refractivity contribution in [1.82, 2.24) is 0 Å². The molecule has 0 spiro atoms. The van der Waals surface area contributed by atoms with E-state index in [1.807, 2.05) is 32.9 Å². The van der Waals surface area contributed by atoms with Gasteiger partial charge in [-0.2, -0.15) is 10.2 Å². The molecule has 146 valence electrons. The van der Waals surface area contributed by atoms with E-state index in [4.69, 9.17) is 9.47 Å². The molecule has 1 amide bonds. The van der Waals surface area contributed by atoms with Gasteiger partial charge >= 0.3 is 12.1 Å². The molecule has 28 heavy (non-hydrogen) atoms. The first-order valence-electron chi connectivity index (χ1n) is 9.01. The van der Waals surface area contributed by atoms with Crippen molar-refractivity contribution in [2.75, 3.05) is 12.4 Å². The molecule has 0 atom stereocenters. The number of hydrogen-bond acceptors (Lipinski definition) is 6. The standard InChI is InChI=1S/C21H23N3O4/c1-21(2,3)28-20(26)22-16-8-10-18-14(12-16)6-5-13-11-15(19(25)27-4)7-9-17(13)23-24-18/h7-12H,5-6H2,1-4H3,(H,22,26). The van der Waals surface area contributed by atoms with Gasteiger partial charge < -0.3 is 9.47 Å². The van der Waals surface area contributed by atoms with Crippen molar-refractivity contribution in [3.05, 3.63) is 53.1 Å². The summed E-state index contributed by atoms with van der Waals surface area (Å²) in [6.07, 6.45) is 0.866. The first kappa shape index (κ1) is 19.5. The van der Waals surface area contributed by atoms with E-state index in [1.165, 1.54) is 7.11 Å². The van der Waals surface area contributed by atoms with Gasteiger partial charge in [-0.05, 0) is 81.1 Å². The Morgan fingerprint density at radius 2 is 1.57 bits per heavy atom. The van der Waals surface area contributed by atoms with E-state index >= 15 is 0 Å². The van der Waals surface area contributed by atoms with Crippen LogP contribution in [0.3, 0.4) is 0 Å². The van der Waals surface area contributed by atoms with Gasteiger partial charge in [0, 0.05) is 5.69 Å². The maximum Gasteiger partial charge on any atom is 0.412 e. The summed E-state index contributed by atoms with van der Waals surface area (Å²) in [5.41, 5.74) is 3.90. The van der Waals surface area contributed by atoms with E-state index in [-0.39, 0.29) is 5.97 Å². The number of anilines is 1. The van der Waals surface area contributed by atoms with E-state index in [1.54, 1.807) is 24.3 Å². The van der Waals surface area contributed by atoms with Crippen molar-refractivity contribution in [3.63, 3.8) is 0 Å². The number of nitrogens with zero attached hydrogens (tertiary/aromatic N) is 2. The fourth-order valence-corrected chi connectivity index (χ4v) is 2.89. The van der Waals surface area contributed by atoms with Crippen LogP contribution in [0.5, 0.6) is 0 Å². The summed E-state index contributed by atoms with van der Waals surface area (Å²) < 4.78 is 10.1. The summed E-state index contributed by atoms with van der Waals surface area (Å²) in [6.45, 7) is 5.44. The maximum atomic E-state index is 12.0. The second kappa shape index (κ2) is 7.80. The highest BCUT2D eigenvalue weighted by atomic mass is 16.6. The molecule has 0 saturated carbocycles. The van der Waals surface area contributed by atoms with Crippen molar-refractivity contribution >= 4 is 29.1 Å². The molecule has 0 fully saturated rings. The number of hydrogen-bond donors (Lipinski definition) is 1. The first-order chi connectivity index (χ1) is 13.2. The van der Waals surface area contributed by atoms with E-state index in [9.17, 15) is 9.59 Å². The Morgan fingerprint density at radius 3 is 2.18 bits per heavy atom. The lowest BCUT2D eigenvalue weighted by atomic mass is 9.99. The summed E-state index contributed by atoms with van der Waals surface area (Å²) in [7, 11) is 1.36. The average molecular weight is 381 g/mol. The third-order valence-electron chi connectivity index (χ3n) is 4.15. The van der Waals surface area contributed by atoms with Gasteiger partial charge in [-0.25, -0.2) is 9.59 Å². The number of methoxy groups -OCH3 is 1. The fourth-order valence-electron chi connectivity index (χ4n) is 2.89. The van der Waals surface area contributed by atoms with Gasteiger partial charge in [-0.1, -0.05) is 0 Å². The van der Waals surface area contributed by atoms with E-state index in [0.29, 0.717) is 24.1 Å². The van der Waals surface area contributed by atoms with E-state index in [2.05, 4.69) is 15.5 Å². The Balaban J connectivity index is 1.82. The maximum absolute atomic E-state index is 12.0. The Hall–Kier alpha value is -3.22. The Bertz CT molecular complexity index is 945. The van der Waals surface area contributed by atoms with Crippen molar-refractivity contribution in [1.29, 1.82) is 0 Å². The van der Waals surface area contributed by atoms with Crippen LogP contribution in [-0.2, 0) is 22.3 Å². The third-order valence-corrected chi connectivity index (χ3v) is 4.15. The lowest BCUT2D eigenvalue weighted by Crippen LogP contribution is -2.27. The van der Waals surface area contributed by atoms with E-state index < -0.39 is 11.7 Å². The number of nitrogens with one attached hydrogen (secondary N) is 1. The molecular weight excluding hydrogens is 358 g/mol. The highest BCUT2D eigenvalue weighted by molar-refractivity contribution is 5.90. The molecule has 1 heterocycles. The normalized spacial score (nSPS) is 12.9. The average Bonchev–Trinajstić information content (AvgIpc) is 2.61. The Kier molecular flexibility index (Phi) is 5.44. The summed E-state index contributed by atoms with van der Waals surface area (Å²) in [5, 5.41) is 11.4. The zero-order chi connectivity index (χ0) is 20.3. The monoisotopic (exact) mass is 381 g/mol. The molecule has 2 aromatic rings. The summed E-state index contributed by atoms with van der Waals surface area (Å²) in [6, 6.07) is 10.7. The zero-order valence-corrected chi connectivity index (χ0v) is 16.4. The summed E-state index contributed by atoms with van der Waals surface area (Å²) in [5.74, 6) is -0.383. The molecule has 0 saturated heterocycles. The highest BCUT2D eigenvalue weighted by Gasteiger charge is 2.17. The predicted molar refractivity (Wildman–Crippen MR) is 106 cm³/mol. The van der Waals surface area contributed by atoms with Crippen LogP contribution >= 0.6 is 0 Å². The number of carbonyl (C=O) groups is 2. The van der Waals surface area contributed by atoms with Crippen LogP contribution in [-0.4, -0.2) is 24.8 Å². The SMILES string of the molecule is COC(=O)c1ccc2c(c1)CCc1cc(NC(=O)OC(C)(C)C)ccc1N=N2. The molecule has 1 aliphatic rings. The van der Waals surface area contributed by atoms with Crippen molar-refractivity contribution in [3.8, 4) is 0 Å². The topological polar surface area (TPSA) is 89.3 Å².